The minimum atomic E-state index is 1.07. The van der Waals surface area contributed by atoms with E-state index in [9.17, 15) is 0 Å². The minimum absolute atomic E-state index is 1.07. The molecule has 304 valence electrons. The van der Waals surface area contributed by atoms with Crippen LogP contribution < -0.4 is 4.90 Å². The Morgan fingerprint density at radius 3 is 1.55 bits per heavy atom. The van der Waals surface area contributed by atoms with Crippen molar-refractivity contribution >= 4 is 82.2 Å². The van der Waals surface area contributed by atoms with Crippen LogP contribution in [0.3, 0.4) is 0 Å². The molecule has 0 aliphatic rings. The molecule has 65 heavy (non-hydrogen) atoms. The average Bonchev–Trinajstić information content (AvgIpc) is 3.90. The van der Waals surface area contributed by atoms with Gasteiger partial charge in [0, 0.05) is 38.6 Å². The quantitative estimate of drug-likeness (QED) is 0.156. The maximum absolute atomic E-state index is 2.46. The van der Waals surface area contributed by atoms with Crippen molar-refractivity contribution in [3.63, 3.8) is 0 Å². The van der Waals surface area contributed by atoms with E-state index in [1.165, 1.54) is 87.4 Å². The molecule has 0 spiro atoms. The van der Waals surface area contributed by atoms with E-state index in [1.54, 1.807) is 0 Å². The molecule has 3 nitrogen and oxygen atoms in total. The third kappa shape index (κ3) is 5.90. The Morgan fingerprint density at radius 2 is 0.831 bits per heavy atom. The second kappa shape index (κ2) is 15.0. The van der Waals surface area contributed by atoms with Gasteiger partial charge in [-0.1, -0.05) is 176 Å². The van der Waals surface area contributed by atoms with E-state index < -0.39 is 0 Å². The zero-order chi connectivity index (χ0) is 42.8. The fourth-order valence-electron chi connectivity index (χ4n) is 10.5. The summed E-state index contributed by atoms with van der Waals surface area (Å²) in [5.41, 5.74) is 15.0. The van der Waals surface area contributed by atoms with Gasteiger partial charge in [0.2, 0.25) is 0 Å². The van der Waals surface area contributed by atoms with Crippen LogP contribution in [-0.2, 0) is 0 Å². The number of benzene rings is 11. The van der Waals surface area contributed by atoms with Crippen LogP contribution in [0.25, 0.3) is 98.8 Å². The van der Waals surface area contributed by atoms with Gasteiger partial charge in [-0.05, 0) is 117 Å². The van der Waals surface area contributed by atoms with Crippen LogP contribution in [0.5, 0.6) is 0 Å². The lowest BCUT2D eigenvalue weighted by Gasteiger charge is -2.29. The fourth-order valence-corrected chi connectivity index (χ4v) is 10.5. The lowest BCUT2D eigenvalue weighted by atomic mass is 9.91. The zero-order valence-corrected chi connectivity index (χ0v) is 35.5. The Hall–Kier alpha value is -8.66. The van der Waals surface area contributed by atoms with E-state index in [0.29, 0.717) is 0 Å². The third-order valence-electron chi connectivity index (χ3n) is 13.3. The Labute approximate surface area is 376 Å². The minimum Gasteiger partial charge on any atom is -0.309 e. The van der Waals surface area contributed by atoms with Crippen LogP contribution >= 0.6 is 0 Å². The van der Waals surface area contributed by atoms with Gasteiger partial charge in [0.25, 0.3) is 0 Å². The first-order valence-corrected chi connectivity index (χ1v) is 22.4. The number of nitrogens with zero attached hydrogens (tertiary/aromatic N) is 3. The number of aromatic nitrogens is 2. The van der Waals surface area contributed by atoms with Gasteiger partial charge in [-0.15, -0.1) is 0 Å². The van der Waals surface area contributed by atoms with Gasteiger partial charge >= 0.3 is 0 Å². The molecule has 13 rings (SSSR count). The van der Waals surface area contributed by atoms with Gasteiger partial charge < -0.3 is 14.0 Å². The molecule has 0 radical (unpaired) electrons. The molecule has 0 N–H and O–H groups in total. The molecule has 2 aromatic heterocycles. The first-order chi connectivity index (χ1) is 32.3. The van der Waals surface area contributed by atoms with Crippen LogP contribution in [0.1, 0.15) is 0 Å². The van der Waals surface area contributed by atoms with Crippen LogP contribution in [0.15, 0.2) is 249 Å². The van der Waals surface area contributed by atoms with E-state index in [0.717, 1.165) is 28.4 Å². The zero-order valence-electron chi connectivity index (χ0n) is 35.5. The smallest absolute Gasteiger partial charge is 0.0702 e. The molecule has 0 saturated heterocycles. The molecule has 0 fully saturated rings. The van der Waals surface area contributed by atoms with Crippen molar-refractivity contribution in [2.45, 2.75) is 0 Å². The Kier molecular flexibility index (Phi) is 8.53. The molecule has 0 aliphatic carbocycles. The Balaban J connectivity index is 1.07. The van der Waals surface area contributed by atoms with E-state index in [-0.39, 0.29) is 0 Å². The lowest BCUT2D eigenvalue weighted by Crippen LogP contribution is -2.13. The molecule has 0 bridgehead atoms. The van der Waals surface area contributed by atoms with Gasteiger partial charge in [-0.25, -0.2) is 0 Å². The van der Waals surface area contributed by atoms with Gasteiger partial charge in [0.1, 0.15) is 0 Å². The first kappa shape index (κ1) is 36.9. The van der Waals surface area contributed by atoms with E-state index in [1.807, 2.05) is 0 Å². The van der Waals surface area contributed by atoms with E-state index in [4.69, 9.17) is 0 Å². The second-order valence-corrected chi connectivity index (χ2v) is 16.9. The number of rotatable bonds is 7. The summed E-state index contributed by atoms with van der Waals surface area (Å²) < 4.78 is 4.86. The standard InChI is InChI=1S/C62H41N3/c1-3-17-42(18-4-1)49-27-15-20-45-21-16-28-50(61(45)49)44-33-36-47(37-34-44)63(58-31-13-14-32-59(58)65-55-29-11-9-25-52(55)53-26-10-12-30-56(53)65)48-38-40-57-54(41-48)62-51-24-8-7-19-43(51)35-39-60(62)64(57)46-22-5-2-6-23-46/h1-41H. The topological polar surface area (TPSA) is 13.1 Å². The molecule has 3 heteroatoms. The number of hydrogen-bond donors (Lipinski definition) is 0. The molecule has 0 unspecified atom stereocenters. The van der Waals surface area contributed by atoms with Crippen molar-refractivity contribution in [3.8, 4) is 33.6 Å². The highest BCUT2D eigenvalue weighted by Crippen LogP contribution is 2.46. The van der Waals surface area contributed by atoms with Crippen molar-refractivity contribution in [2.24, 2.45) is 0 Å². The van der Waals surface area contributed by atoms with E-state index in [2.05, 4.69) is 263 Å². The van der Waals surface area contributed by atoms with Crippen LogP contribution in [-0.4, -0.2) is 9.13 Å². The van der Waals surface area contributed by atoms with Crippen molar-refractivity contribution < 1.29 is 0 Å². The highest BCUT2D eigenvalue weighted by atomic mass is 15.2. The van der Waals surface area contributed by atoms with Gasteiger partial charge in [0.05, 0.1) is 33.4 Å². The van der Waals surface area contributed by atoms with E-state index >= 15 is 0 Å². The number of hydrogen-bond acceptors (Lipinski definition) is 1. The van der Waals surface area contributed by atoms with Crippen LogP contribution in [0.4, 0.5) is 17.1 Å². The number of fused-ring (bicyclic) bond motifs is 9. The SMILES string of the molecule is c1ccc(-c2cccc3cccc(-c4ccc(N(c5ccc6c(c5)c5c7ccccc7ccc5n6-c5ccccc5)c5ccccc5-n5c6ccccc6c6ccccc65)cc4)c23)cc1. The monoisotopic (exact) mass is 827 g/mol. The molecule has 13 aromatic rings. The Bertz CT molecular complexity index is 3880. The molecular weight excluding hydrogens is 787 g/mol. The fraction of sp³-hybridized carbons (Fsp3) is 0. The summed E-state index contributed by atoms with van der Waals surface area (Å²) in [5, 5.41) is 9.89. The first-order valence-electron chi connectivity index (χ1n) is 22.4. The largest absolute Gasteiger partial charge is 0.309 e. The maximum atomic E-state index is 2.46. The van der Waals surface area contributed by atoms with Crippen LogP contribution in [0.2, 0.25) is 0 Å². The summed E-state index contributed by atoms with van der Waals surface area (Å²) in [6, 6.07) is 90.8. The van der Waals surface area contributed by atoms with Crippen molar-refractivity contribution in [1.29, 1.82) is 0 Å². The highest BCUT2D eigenvalue weighted by molar-refractivity contribution is 6.22. The molecule has 0 amide bonds. The summed E-state index contributed by atoms with van der Waals surface area (Å²) in [6.07, 6.45) is 0. The van der Waals surface area contributed by atoms with Gasteiger partial charge in [-0.2, -0.15) is 0 Å². The molecule has 0 saturated carbocycles. The summed E-state index contributed by atoms with van der Waals surface area (Å²) >= 11 is 0. The Morgan fingerprint density at radius 1 is 0.292 bits per heavy atom. The highest BCUT2D eigenvalue weighted by Gasteiger charge is 2.23. The molecule has 2 heterocycles. The molecular formula is C62H41N3. The molecule has 0 atom stereocenters. The van der Waals surface area contributed by atoms with Crippen molar-refractivity contribution in [2.75, 3.05) is 4.90 Å². The normalized spacial score (nSPS) is 11.7. The number of para-hydroxylation sites is 5. The second-order valence-electron chi connectivity index (χ2n) is 16.9. The van der Waals surface area contributed by atoms with Gasteiger partial charge in [0.15, 0.2) is 0 Å². The predicted molar refractivity (Wildman–Crippen MR) is 276 cm³/mol. The van der Waals surface area contributed by atoms with Gasteiger partial charge in [-0.3, -0.25) is 0 Å². The van der Waals surface area contributed by atoms with Crippen LogP contribution in [0, 0.1) is 0 Å². The number of anilines is 3. The summed E-state index contributed by atoms with van der Waals surface area (Å²) in [5.74, 6) is 0. The lowest BCUT2D eigenvalue weighted by molar-refractivity contribution is 1.15. The maximum Gasteiger partial charge on any atom is 0.0702 e. The summed E-state index contributed by atoms with van der Waals surface area (Å²) in [7, 11) is 0. The summed E-state index contributed by atoms with van der Waals surface area (Å²) in [4.78, 5) is 2.46. The average molecular weight is 828 g/mol. The third-order valence-corrected chi connectivity index (χ3v) is 13.3. The summed E-state index contributed by atoms with van der Waals surface area (Å²) in [6.45, 7) is 0. The van der Waals surface area contributed by atoms with Crippen molar-refractivity contribution in [3.05, 3.63) is 249 Å². The van der Waals surface area contributed by atoms with Crippen molar-refractivity contribution in [1.82, 2.24) is 9.13 Å². The predicted octanol–water partition coefficient (Wildman–Crippen LogP) is 17.0. The molecule has 11 aromatic carbocycles. The molecule has 0 aliphatic heterocycles.